The molecule has 162 valence electrons. The molecule has 0 amide bonds. The van der Waals surface area contributed by atoms with E-state index in [2.05, 4.69) is 32.2 Å². The molecular weight excluding hydrogens is 402 g/mol. The van der Waals surface area contributed by atoms with Gasteiger partial charge in [-0.15, -0.1) is 10.2 Å². The zero-order valence-electron chi connectivity index (χ0n) is 17.1. The van der Waals surface area contributed by atoms with E-state index in [0.717, 1.165) is 24.0 Å². The fraction of sp³-hybridized carbons (Fsp3) is 0.391. The molecule has 0 aliphatic carbocycles. The number of halogens is 2. The number of phenols is 1. The third-order valence-electron chi connectivity index (χ3n) is 6.44. The van der Waals surface area contributed by atoms with E-state index in [1.54, 1.807) is 12.1 Å². The van der Waals surface area contributed by atoms with Crippen molar-refractivity contribution in [2.24, 2.45) is 0 Å². The maximum atomic E-state index is 12.4. The fourth-order valence-electron chi connectivity index (χ4n) is 4.83. The molecular formula is C23H24F2N4O2. The van der Waals surface area contributed by atoms with Gasteiger partial charge >= 0.3 is 6.61 Å². The van der Waals surface area contributed by atoms with Crippen molar-refractivity contribution in [1.29, 1.82) is 0 Å². The molecule has 2 aliphatic rings. The van der Waals surface area contributed by atoms with Crippen LogP contribution in [0.15, 0.2) is 42.5 Å². The van der Waals surface area contributed by atoms with Crippen LogP contribution < -0.4 is 15.0 Å². The Bertz CT molecular complexity index is 1080. The highest BCUT2D eigenvalue weighted by Crippen LogP contribution is 2.35. The third-order valence-corrected chi connectivity index (χ3v) is 6.44. The Hall–Kier alpha value is -3.00. The van der Waals surface area contributed by atoms with Gasteiger partial charge in [0.15, 0.2) is 5.82 Å². The zero-order chi connectivity index (χ0) is 21.5. The van der Waals surface area contributed by atoms with Crippen molar-refractivity contribution in [3.05, 3.63) is 42.5 Å². The Labute approximate surface area is 178 Å². The van der Waals surface area contributed by atoms with Crippen LogP contribution in [-0.2, 0) is 0 Å². The van der Waals surface area contributed by atoms with Gasteiger partial charge in [-0.05, 0) is 72.9 Å². The van der Waals surface area contributed by atoms with Crippen molar-refractivity contribution in [3.63, 3.8) is 0 Å². The first kappa shape index (κ1) is 19.9. The normalized spacial score (nSPS) is 22.8. The Morgan fingerprint density at radius 1 is 1.03 bits per heavy atom. The van der Waals surface area contributed by atoms with Crippen molar-refractivity contribution < 1.29 is 18.6 Å². The molecule has 0 unspecified atom stereocenters. The number of fused-ring (bicyclic) bond motifs is 3. The highest BCUT2D eigenvalue weighted by atomic mass is 19.3. The van der Waals surface area contributed by atoms with E-state index in [9.17, 15) is 13.9 Å². The van der Waals surface area contributed by atoms with Crippen LogP contribution in [0, 0.1) is 0 Å². The molecule has 2 bridgehead atoms. The topological polar surface area (TPSA) is 70.5 Å². The number of alkyl halides is 2. The third kappa shape index (κ3) is 3.99. The second-order valence-electron chi connectivity index (χ2n) is 8.41. The number of nitrogens with one attached hydrogen (secondary N) is 1. The molecule has 0 radical (unpaired) electrons. The molecule has 31 heavy (non-hydrogen) atoms. The Balaban J connectivity index is 1.38. The minimum atomic E-state index is -2.89. The highest BCUT2D eigenvalue weighted by molar-refractivity contribution is 5.90. The number of hydrogen-bond donors (Lipinski definition) is 2. The van der Waals surface area contributed by atoms with Crippen molar-refractivity contribution in [2.45, 2.75) is 50.4 Å². The van der Waals surface area contributed by atoms with Crippen molar-refractivity contribution >= 4 is 16.6 Å². The van der Waals surface area contributed by atoms with Crippen LogP contribution >= 0.6 is 0 Å². The summed E-state index contributed by atoms with van der Waals surface area (Å²) in [6, 6.07) is 13.3. The SMILES string of the molecule is CN(c1ccc(-c2cc3ccc(OC(F)F)cc3cc2O)nn1)[C@@H]1C[C@H]2CC[C@@H](C1)N2. The molecule has 0 saturated carbocycles. The van der Waals surface area contributed by atoms with E-state index >= 15 is 0 Å². The van der Waals surface area contributed by atoms with E-state index in [4.69, 9.17) is 0 Å². The summed E-state index contributed by atoms with van der Waals surface area (Å²) >= 11 is 0. The van der Waals surface area contributed by atoms with Gasteiger partial charge in [-0.3, -0.25) is 0 Å². The van der Waals surface area contributed by atoms with Crippen LogP contribution in [0.3, 0.4) is 0 Å². The summed E-state index contributed by atoms with van der Waals surface area (Å²) in [5, 5.41) is 24.3. The minimum absolute atomic E-state index is 0.00651. The molecule has 2 fully saturated rings. The van der Waals surface area contributed by atoms with Gasteiger partial charge in [-0.2, -0.15) is 8.78 Å². The fourth-order valence-corrected chi connectivity index (χ4v) is 4.83. The number of piperidine rings is 1. The van der Waals surface area contributed by atoms with Crippen LogP contribution in [-0.4, -0.2) is 47.1 Å². The van der Waals surface area contributed by atoms with E-state index in [1.807, 2.05) is 12.1 Å². The number of aromatic hydroxyl groups is 1. The molecule has 1 aromatic heterocycles. The number of anilines is 1. The molecule has 5 rings (SSSR count). The molecule has 2 aliphatic heterocycles. The molecule has 3 heterocycles. The molecule has 6 nitrogen and oxygen atoms in total. The zero-order valence-corrected chi connectivity index (χ0v) is 17.1. The average Bonchev–Trinajstić information content (AvgIpc) is 3.10. The number of benzene rings is 2. The summed E-state index contributed by atoms with van der Waals surface area (Å²) in [6.45, 7) is -2.89. The lowest BCUT2D eigenvalue weighted by Gasteiger charge is -2.36. The number of aromatic nitrogens is 2. The number of rotatable bonds is 5. The van der Waals surface area contributed by atoms with Gasteiger partial charge in [0.05, 0.1) is 5.69 Å². The predicted molar refractivity (Wildman–Crippen MR) is 115 cm³/mol. The largest absolute Gasteiger partial charge is 0.507 e. The van der Waals surface area contributed by atoms with Gasteiger partial charge in [0.1, 0.15) is 11.5 Å². The van der Waals surface area contributed by atoms with Gasteiger partial charge in [0.25, 0.3) is 0 Å². The molecule has 0 spiro atoms. The van der Waals surface area contributed by atoms with Crippen LogP contribution in [0.4, 0.5) is 14.6 Å². The van der Waals surface area contributed by atoms with Crippen molar-refractivity contribution in [2.75, 3.05) is 11.9 Å². The summed E-state index contributed by atoms with van der Waals surface area (Å²) < 4.78 is 29.3. The first-order chi connectivity index (χ1) is 15.0. The lowest BCUT2D eigenvalue weighted by atomic mass is 9.98. The maximum Gasteiger partial charge on any atom is 0.387 e. The first-order valence-electron chi connectivity index (χ1n) is 10.5. The molecule has 3 aromatic rings. The predicted octanol–water partition coefficient (Wildman–Crippen LogP) is 4.32. The lowest BCUT2D eigenvalue weighted by molar-refractivity contribution is -0.0497. The molecule has 2 N–H and O–H groups in total. The summed E-state index contributed by atoms with van der Waals surface area (Å²) in [4.78, 5) is 2.20. The molecule has 2 aromatic carbocycles. The molecule has 3 atom stereocenters. The maximum absolute atomic E-state index is 12.4. The summed E-state index contributed by atoms with van der Waals surface area (Å²) in [7, 11) is 2.06. The van der Waals surface area contributed by atoms with Gasteiger partial charge in [0, 0.05) is 30.7 Å². The van der Waals surface area contributed by atoms with Crippen molar-refractivity contribution in [1.82, 2.24) is 15.5 Å². The second kappa shape index (κ2) is 7.92. The van der Waals surface area contributed by atoms with Gasteiger partial charge in [-0.1, -0.05) is 6.07 Å². The van der Waals surface area contributed by atoms with Crippen LogP contribution in [0.2, 0.25) is 0 Å². The summed E-state index contributed by atoms with van der Waals surface area (Å²) in [5.41, 5.74) is 1.09. The Morgan fingerprint density at radius 2 is 1.81 bits per heavy atom. The van der Waals surface area contributed by atoms with Gasteiger partial charge < -0.3 is 20.1 Å². The van der Waals surface area contributed by atoms with Crippen LogP contribution in [0.25, 0.3) is 22.0 Å². The van der Waals surface area contributed by atoms with E-state index in [1.165, 1.54) is 31.0 Å². The van der Waals surface area contributed by atoms with Crippen LogP contribution in [0.1, 0.15) is 25.7 Å². The molecule has 8 heteroatoms. The number of ether oxygens (including phenoxy) is 1. The van der Waals surface area contributed by atoms with Crippen LogP contribution in [0.5, 0.6) is 11.5 Å². The Morgan fingerprint density at radius 3 is 2.48 bits per heavy atom. The quantitative estimate of drug-likeness (QED) is 0.633. The first-order valence-corrected chi connectivity index (χ1v) is 10.5. The smallest absolute Gasteiger partial charge is 0.387 e. The van der Waals surface area contributed by atoms with Gasteiger partial charge in [0.2, 0.25) is 0 Å². The summed E-state index contributed by atoms with van der Waals surface area (Å²) in [6.07, 6.45) is 4.71. The van der Waals surface area contributed by atoms with E-state index < -0.39 is 6.61 Å². The minimum Gasteiger partial charge on any atom is -0.507 e. The average molecular weight is 426 g/mol. The second-order valence-corrected chi connectivity index (χ2v) is 8.41. The highest BCUT2D eigenvalue weighted by Gasteiger charge is 2.35. The Kier molecular flexibility index (Phi) is 5.09. The monoisotopic (exact) mass is 426 g/mol. The molecule has 2 saturated heterocycles. The number of hydrogen-bond acceptors (Lipinski definition) is 6. The lowest BCUT2D eigenvalue weighted by Crippen LogP contribution is -2.47. The number of phenolic OH excluding ortho intramolecular Hbond substituents is 1. The van der Waals surface area contributed by atoms with E-state index in [0.29, 0.717) is 34.8 Å². The van der Waals surface area contributed by atoms with Crippen molar-refractivity contribution in [3.8, 4) is 22.8 Å². The van der Waals surface area contributed by atoms with Gasteiger partial charge in [-0.25, -0.2) is 0 Å². The van der Waals surface area contributed by atoms with E-state index in [-0.39, 0.29) is 11.5 Å². The summed E-state index contributed by atoms with van der Waals surface area (Å²) in [5.74, 6) is 0.865. The standard InChI is InChI=1S/C23H24F2N4O2/c1-29(17-11-15-3-4-16(12-17)26-15)22-7-6-20(27-28-22)19-9-13-2-5-18(31-23(24)25)8-14(13)10-21(19)30/h2,5-10,15-17,23,26,30H,3-4,11-12H2,1H3/t15-,16+,17-. The number of nitrogens with zero attached hydrogens (tertiary/aromatic N) is 3.